The molecule has 0 aromatic carbocycles. The molecular weight excluding hydrogens is 194 g/mol. The Morgan fingerprint density at radius 3 is 2.31 bits per heavy atom. The molecule has 0 saturated heterocycles. The molecule has 0 aliphatic heterocycles. The zero-order valence-electron chi connectivity index (χ0n) is 11.8. The van der Waals surface area contributed by atoms with E-state index in [9.17, 15) is 0 Å². The molecule has 0 aromatic heterocycles. The first kappa shape index (κ1) is 14.0. The van der Waals surface area contributed by atoms with Gasteiger partial charge in [-0.15, -0.1) is 0 Å². The molecule has 0 heterocycles. The van der Waals surface area contributed by atoms with Crippen LogP contribution in [0.4, 0.5) is 0 Å². The fraction of sp³-hybridized carbons (Fsp3) is 1.00. The first-order valence-corrected chi connectivity index (χ1v) is 7.32. The smallest absolute Gasteiger partial charge is 0.00106 e. The van der Waals surface area contributed by atoms with E-state index in [2.05, 4.69) is 33.0 Å². The van der Waals surface area contributed by atoms with Gasteiger partial charge < -0.3 is 5.32 Å². The summed E-state index contributed by atoms with van der Waals surface area (Å²) in [6.07, 6.45) is 10.0. The zero-order chi connectivity index (χ0) is 12.0. The van der Waals surface area contributed by atoms with Gasteiger partial charge in [-0.3, -0.25) is 0 Å². The largest absolute Gasteiger partial charge is 0.314 e. The van der Waals surface area contributed by atoms with Gasteiger partial charge in [0.25, 0.3) is 0 Å². The van der Waals surface area contributed by atoms with Crippen molar-refractivity contribution in [2.75, 3.05) is 6.54 Å². The van der Waals surface area contributed by atoms with Crippen LogP contribution < -0.4 is 5.32 Å². The molecule has 1 aliphatic carbocycles. The highest BCUT2D eigenvalue weighted by Crippen LogP contribution is 2.41. The Balaban J connectivity index is 2.54. The fourth-order valence-corrected chi connectivity index (χ4v) is 3.24. The minimum atomic E-state index is 0.541. The summed E-state index contributed by atoms with van der Waals surface area (Å²) in [5, 5.41) is 3.67. The van der Waals surface area contributed by atoms with Gasteiger partial charge in [-0.25, -0.2) is 0 Å². The minimum absolute atomic E-state index is 0.541. The molecule has 0 spiro atoms. The predicted molar refractivity (Wildman–Crippen MR) is 72.7 cm³/mol. The third-order valence-electron chi connectivity index (χ3n) is 4.33. The molecule has 0 radical (unpaired) electrons. The van der Waals surface area contributed by atoms with Gasteiger partial charge in [0, 0.05) is 12.6 Å². The molecule has 0 bridgehead atoms. The van der Waals surface area contributed by atoms with Crippen molar-refractivity contribution < 1.29 is 0 Å². The zero-order valence-corrected chi connectivity index (χ0v) is 11.8. The van der Waals surface area contributed by atoms with Crippen LogP contribution in [-0.4, -0.2) is 12.6 Å². The number of hydrogen-bond acceptors (Lipinski definition) is 1. The molecule has 1 rings (SSSR count). The molecule has 1 atom stereocenters. The van der Waals surface area contributed by atoms with Crippen LogP contribution in [0.25, 0.3) is 0 Å². The summed E-state index contributed by atoms with van der Waals surface area (Å²) in [7, 11) is 0. The quantitative estimate of drug-likeness (QED) is 0.708. The van der Waals surface area contributed by atoms with E-state index in [1.165, 1.54) is 51.5 Å². The predicted octanol–water partition coefficient (Wildman–Crippen LogP) is 4.37. The maximum atomic E-state index is 3.67. The summed E-state index contributed by atoms with van der Waals surface area (Å²) in [5.74, 6) is 0.965. The molecule has 1 saturated carbocycles. The first-order valence-electron chi connectivity index (χ1n) is 7.32. The van der Waals surface area contributed by atoms with Gasteiger partial charge in [0.05, 0.1) is 0 Å². The Labute approximate surface area is 102 Å². The Bertz CT molecular complexity index is 182. The molecule has 0 amide bonds. The van der Waals surface area contributed by atoms with Crippen molar-refractivity contribution in [2.24, 2.45) is 11.3 Å². The van der Waals surface area contributed by atoms with Gasteiger partial charge in [-0.05, 0) is 30.6 Å². The molecule has 1 unspecified atom stereocenters. The summed E-state index contributed by atoms with van der Waals surface area (Å²) >= 11 is 0. The lowest BCUT2D eigenvalue weighted by Gasteiger charge is -2.41. The number of rotatable bonds is 6. The summed E-state index contributed by atoms with van der Waals surface area (Å²) in [6, 6.07) is 0.625. The Kier molecular flexibility index (Phi) is 5.82. The summed E-state index contributed by atoms with van der Waals surface area (Å²) in [4.78, 5) is 0. The van der Waals surface area contributed by atoms with Gasteiger partial charge in [0.1, 0.15) is 0 Å². The third kappa shape index (κ3) is 4.08. The number of hydrogen-bond donors (Lipinski definition) is 1. The van der Waals surface area contributed by atoms with E-state index in [1.54, 1.807) is 0 Å². The second-order valence-corrected chi connectivity index (χ2v) is 6.27. The molecule has 1 heteroatoms. The van der Waals surface area contributed by atoms with Crippen LogP contribution in [0.1, 0.15) is 72.6 Å². The van der Waals surface area contributed by atoms with E-state index in [-0.39, 0.29) is 0 Å². The topological polar surface area (TPSA) is 12.0 Å². The van der Waals surface area contributed by atoms with Crippen LogP contribution in [0.2, 0.25) is 0 Å². The lowest BCUT2D eigenvalue weighted by atomic mass is 9.67. The lowest BCUT2D eigenvalue weighted by Crippen LogP contribution is -2.41. The van der Waals surface area contributed by atoms with E-state index < -0.39 is 0 Å². The summed E-state index contributed by atoms with van der Waals surface area (Å²) in [6.45, 7) is 10.6. The Morgan fingerprint density at radius 2 is 1.81 bits per heavy atom. The van der Waals surface area contributed by atoms with Crippen LogP contribution in [0.15, 0.2) is 0 Å². The normalized spacial score (nSPS) is 22.3. The fourth-order valence-electron chi connectivity index (χ4n) is 3.24. The molecular formula is C15H31N. The Morgan fingerprint density at radius 1 is 1.19 bits per heavy atom. The van der Waals surface area contributed by atoms with Gasteiger partial charge in [-0.1, -0.05) is 53.4 Å². The molecule has 1 N–H and O–H groups in total. The standard InChI is InChI=1S/C15H31N/c1-5-11-15(4,12-16-13(2)3)14-9-7-6-8-10-14/h13-14,16H,5-12H2,1-4H3. The SMILES string of the molecule is CCCC(C)(CNC(C)C)C1CCCCC1. The van der Waals surface area contributed by atoms with Gasteiger partial charge >= 0.3 is 0 Å². The average Bonchev–Trinajstić information content (AvgIpc) is 2.28. The maximum absolute atomic E-state index is 3.67. The van der Waals surface area contributed by atoms with Gasteiger partial charge in [0.15, 0.2) is 0 Å². The Hall–Kier alpha value is -0.0400. The highest BCUT2D eigenvalue weighted by molar-refractivity contribution is 4.86. The van der Waals surface area contributed by atoms with Crippen molar-refractivity contribution in [1.82, 2.24) is 5.32 Å². The van der Waals surface area contributed by atoms with Crippen molar-refractivity contribution >= 4 is 0 Å². The molecule has 16 heavy (non-hydrogen) atoms. The van der Waals surface area contributed by atoms with Gasteiger partial charge in [0.2, 0.25) is 0 Å². The molecule has 1 aliphatic rings. The highest BCUT2D eigenvalue weighted by atomic mass is 14.9. The van der Waals surface area contributed by atoms with E-state index in [4.69, 9.17) is 0 Å². The molecule has 1 nitrogen and oxygen atoms in total. The van der Waals surface area contributed by atoms with Crippen molar-refractivity contribution in [3.63, 3.8) is 0 Å². The van der Waals surface area contributed by atoms with Crippen molar-refractivity contribution in [1.29, 1.82) is 0 Å². The highest BCUT2D eigenvalue weighted by Gasteiger charge is 2.33. The number of nitrogens with one attached hydrogen (secondary N) is 1. The lowest BCUT2D eigenvalue weighted by molar-refractivity contribution is 0.118. The second kappa shape index (κ2) is 6.64. The van der Waals surface area contributed by atoms with Crippen LogP contribution in [-0.2, 0) is 0 Å². The van der Waals surface area contributed by atoms with E-state index in [1.807, 2.05) is 0 Å². The van der Waals surface area contributed by atoms with Crippen molar-refractivity contribution in [2.45, 2.75) is 78.7 Å². The van der Waals surface area contributed by atoms with E-state index >= 15 is 0 Å². The van der Waals surface area contributed by atoms with Crippen LogP contribution in [0.5, 0.6) is 0 Å². The van der Waals surface area contributed by atoms with Crippen LogP contribution >= 0.6 is 0 Å². The summed E-state index contributed by atoms with van der Waals surface area (Å²) < 4.78 is 0. The van der Waals surface area contributed by atoms with Crippen molar-refractivity contribution in [3.8, 4) is 0 Å². The molecule has 1 fully saturated rings. The molecule has 96 valence electrons. The van der Waals surface area contributed by atoms with E-state index in [0.29, 0.717) is 11.5 Å². The molecule has 0 aromatic rings. The van der Waals surface area contributed by atoms with Crippen LogP contribution in [0, 0.1) is 11.3 Å². The minimum Gasteiger partial charge on any atom is -0.314 e. The van der Waals surface area contributed by atoms with Crippen LogP contribution in [0.3, 0.4) is 0 Å². The van der Waals surface area contributed by atoms with Gasteiger partial charge in [-0.2, -0.15) is 0 Å². The summed E-state index contributed by atoms with van der Waals surface area (Å²) in [5.41, 5.74) is 0.541. The average molecular weight is 225 g/mol. The first-order chi connectivity index (χ1) is 7.58. The monoisotopic (exact) mass is 225 g/mol. The second-order valence-electron chi connectivity index (χ2n) is 6.27. The van der Waals surface area contributed by atoms with Crippen molar-refractivity contribution in [3.05, 3.63) is 0 Å². The maximum Gasteiger partial charge on any atom is 0.00106 e. The van der Waals surface area contributed by atoms with E-state index in [0.717, 1.165) is 5.92 Å². The third-order valence-corrected chi connectivity index (χ3v) is 4.33.